The third kappa shape index (κ3) is 19.2. The molecule has 1 aromatic heterocycles. The fourth-order valence-electron chi connectivity index (χ4n) is 10.9. The van der Waals surface area contributed by atoms with Crippen molar-refractivity contribution in [3.8, 4) is 0 Å². The normalized spacial score (nSPS) is 14.5. The Kier molecular flexibility index (Phi) is 23.2. The first-order valence-corrected chi connectivity index (χ1v) is 29.8. The first-order chi connectivity index (χ1) is 41.6. The van der Waals surface area contributed by atoms with Gasteiger partial charge in [-0.25, -0.2) is 14.6 Å². The van der Waals surface area contributed by atoms with Gasteiger partial charge in [-0.1, -0.05) is 184 Å². The number of hydrogen-bond acceptors (Lipinski definition) is 11. The van der Waals surface area contributed by atoms with Crippen LogP contribution in [0.1, 0.15) is 119 Å². The third-order valence-corrected chi connectivity index (χ3v) is 15.3. The molecule has 19 nitrogen and oxygen atoms in total. The lowest BCUT2D eigenvalue weighted by Crippen LogP contribution is -2.63. The van der Waals surface area contributed by atoms with Gasteiger partial charge in [-0.2, -0.15) is 0 Å². The summed E-state index contributed by atoms with van der Waals surface area (Å²) in [5, 5.41) is 20.2. The second-order valence-electron chi connectivity index (χ2n) is 23.8. The number of nitrogens with one attached hydrogen (secondary N) is 7. The zero-order valence-corrected chi connectivity index (χ0v) is 50.8. The SMILES string of the molecule is COC(=O)[C@H](Cc1ccccc1)NC(=O)[C@@H](Cc1ccccc1)NC(=O)[C@H](CCC(=O)NC(c1ccccc1)(c1ccccc1)c1ccccc1)NC(=O)[C@H](CC1CCCCC1)NC(=O)C(C)(C)NC(=O)[C@H](Cc1cn(C)cn1)NC(=O)OC(C)(C)C. The van der Waals surface area contributed by atoms with E-state index in [-0.39, 0.29) is 44.4 Å². The lowest BCUT2D eigenvalue weighted by molar-refractivity contribution is -0.145. The molecule has 0 unspecified atom stereocenters. The molecular formula is C68H83N9O10. The molecule has 1 aliphatic rings. The second-order valence-corrected chi connectivity index (χ2v) is 23.8. The van der Waals surface area contributed by atoms with Crippen molar-refractivity contribution < 1.29 is 47.8 Å². The second kappa shape index (κ2) is 30.8. The van der Waals surface area contributed by atoms with E-state index < -0.39 is 94.4 Å². The smallest absolute Gasteiger partial charge is 0.408 e. The van der Waals surface area contributed by atoms with Crippen LogP contribution in [0.15, 0.2) is 164 Å². The fourth-order valence-corrected chi connectivity index (χ4v) is 10.9. The molecule has 0 aliphatic heterocycles. The van der Waals surface area contributed by atoms with Crippen molar-refractivity contribution in [1.29, 1.82) is 0 Å². The van der Waals surface area contributed by atoms with Crippen LogP contribution in [0.25, 0.3) is 0 Å². The number of esters is 1. The van der Waals surface area contributed by atoms with Gasteiger partial charge in [0.15, 0.2) is 0 Å². The summed E-state index contributed by atoms with van der Waals surface area (Å²) in [5.74, 6) is -4.94. The monoisotopic (exact) mass is 1190 g/mol. The molecular weight excluding hydrogens is 1100 g/mol. The van der Waals surface area contributed by atoms with Gasteiger partial charge in [0, 0.05) is 38.9 Å². The van der Waals surface area contributed by atoms with Crippen molar-refractivity contribution >= 4 is 47.5 Å². The molecule has 6 aromatic rings. The first-order valence-electron chi connectivity index (χ1n) is 29.8. The zero-order chi connectivity index (χ0) is 62.6. The van der Waals surface area contributed by atoms with Gasteiger partial charge in [-0.15, -0.1) is 0 Å². The van der Waals surface area contributed by atoms with Crippen LogP contribution in [0.3, 0.4) is 0 Å². The molecule has 0 radical (unpaired) electrons. The highest BCUT2D eigenvalue weighted by Crippen LogP contribution is 2.37. The molecule has 0 spiro atoms. The van der Waals surface area contributed by atoms with Crippen LogP contribution >= 0.6 is 0 Å². The van der Waals surface area contributed by atoms with Gasteiger partial charge in [0.25, 0.3) is 0 Å². The Morgan fingerprint density at radius 1 is 0.540 bits per heavy atom. The standard InChI is InChI=1S/C68H83N9O10/c1-66(2,3)87-65(85)74-56(43-52-44-77(6)45-69-52)62(82)76-67(4,5)64(84)73-55(41-47-28-16-9-17-29-47)61(81)70-53(38-39-58(78)75-68(49-32-20-11-21-33-49,50-34-22-12-23-35-50)51-36-24-13-25-37-51)59(79)71-54(40-46-26-14-8-15-27-46)60(80)72-57(63(83)86-7)42-48-30-18-10-19-31-48/h8,10-15,18-27,30-37,44-45,47,53-57H,9,16-17,28-29,38-43H2,1-7H3,(H,70,81)(H,71,79)(H,72,80)(H,73,84)(H,74,85)(H,75,78)(H,76,82)/t53-,54+,55-,56-,57-/m0/s1. The number of methoxy groups -OCH3 is 1. The lowest BCUT2D eigenvalue weighted by Gasteiger charge is -2.37. The Morgan fingerprint density at radius 2 is 1.00 bits per heavy atom. The minimum atomic E-state index is -1.70. The van der Waals surface area contributed by atoms with Crippen LogP contribution in [0, 0.1) is 5.92 Å². The number of alkyl carbamates (subject to hydrolysis) is 1. The van der Waals surface area contributed by atoms with E-state index in [1.807, 2.05) is 127 Å². The van der Waals surface area contributed by atoms with Crippen molar-refractivity contribution in [3.05, 3.63) is 198 Å². The van der Waals surface area contributed by atoms with E-state index in [4.69, 9.17) is 9.47 Å². The molecule has 87 heavy (non-hydrogen) atoms. The summed E-state index contributed by atoms with van der Waals surface area (Å²) in [6, 6.07) is 40.1. The van der Waals surface area contributed by atoms with Crippen molar-refractivity contribution in [2.45, 2.75) is 152 Å². The maximum Gasteiger partial charge on any atom is 0.408 e. The predicted octanol–water partition coefficient (Wildman–Crippen LogP) is 7.21. The molecule has 1 aliphatic carbocycles. The van der Waals surface area contributed by atoms with Crippen LogP contribution in [0.2, 0.25) is 0 Å². The minimum Gasteiger partial charge on any atom is -0.467 e. The number of carbonyl (C=O) groups is 8. The molecule has 5 aromatic carbocycles. The third-order valence-electron chi connectivity index (χ3n) is 15.3. The molecule has 7 amide bonds. The number of amides is 7. The van der Waals surface area contributed by atoms with E-state index in [9.17, 15) is 28.8 Å². The highest BCUT2D eigenvalue weighted by atomic mass is 16.6. The summed E-state index contributed by atoms with van der Waals surface area (Å²) in [5.41, 5.74) is 0.372. The first kappa shape index (κ1) is 65.4. The molecule has 7 N–H and O–H groups in total. The highest BCUT2D eigenvalue weighted by molar-refractivity contribution is 5.98. The largest absolute Gasteiger partial charge is 0.467 e. The fraction of sp³-hybridized carbons (Fsp3) is 0.397. The maximum atomic E-state index is 15.3. The average Bonchev–Trinajstić information content (AvgIpc) is 1.91. The summed E-state index contributed by atoms with van der Waals surface area (Å²) >= 11 is 0. The van der Waals surface area contributed by atoms with Crippen molar-refractivity contribution in [2.24, 2.45) is 13.0 Å². The van der Waals surface area contributed by atoms with Crippen LogP contribution in [-0.2, 0) is 74.9 Å². The number of nitrogens with zero attached hydrogens (tertiary/aromatic N) is 2. The predicted molar refractivity (Wildman–Crippen MR) is 330 cm³/mol. The molecule has 460 valence electrons. The summed E-state index contributed by atoms with van der Waals surface area (Å²) in [6.45, 7) is 8.01. The van der Waals surface area contributed by atoms with Gasteiger partial charge in [0.2, 0.25) is 35.4 Å². The molecule has 5 atom stereocenters. The quantitative estimate of drug-likeness (QED) is 0.0200. The Morgan fingerprint density at radius 3 is 1.49 bits per heavy atom. The molecule has 1 saturated carbocycles. The van der Waals surface area contributed by atoms with Crippen molar-refractivity contribution in [2.75, 3.05) is 7.11 Å². The van der Waals surface area contributed by atoms with E-state index in [1.54, 1.807) is 69.2 Å². The van der Waals surface area contributed by atoms with Gasteiger partial charge < -0.3 is 51.3 Å². The number of imidazole rings is 1. The topological polar surface area (TPSA) is 257 Å². The van der Waals surface area contributed by atoms with Crippen LogP contribution < -0.4 is 37.2 Å². The van der Waals surface area contributed by atoms with Gasteiger partial charge in [0.1, 0.15) is 46.9 Å². The Bertz CT molecular complexity index is 3140. The number of benzene rings is 5. The number of ether oxygens (including phenoxy) is 2. The summed E-state index contributed by atoms with van der Waals surface area (Å²) in [6.07, 6.45) is 6.31. The Hall–Kier alpha value is -9.13. The maximum absolute atomic E-state index is 15.3. The average molecular weight is 1190 g/mol. The molecule has 7 rings (SSSR count). The van der Waals surface area contributed by atoms with Gasteiger partial charge in [0.05, 0.1) is 19.1 Å². The summed E-state index contributed by atoms with van der Waals surface area (Å²) in [7, 11) is 2.98. The summed E-state index contributed by atoms with van der Waals surface area (Å²) in [4.78, 5) is 120. The van der Waals surface area contributed by atoms with E-state index in [2.05, 4.69) is 42.2 Å². The number of rotatable bonds is 27. The Labute approximate surface area is 509 Å². The van der Waals surface area contributed by atoms with Crippen LogP contribution in [0.4, 0.5) is 4.79 Å². The number of hydrogen-bond donors (Lipinski definition) is 7. The number of aromatic nitrogens is 2. The zero-order valence-electron chi connectivity index (χ0n) is 50.8. The molecule has 19 heteroatoms. The molecule has 0 saturated heterocycles. The van der Waals surface area contributed by atoms with Crippen molar-refractivity contribution in [3.63, 3.8) is 0 Å². The van der Waals surface area contributed by atoms with Gasteiger partial charge in [-0.05, 0) is 81.2 Å². The minimum absolute atomic E-state index is 0.00832. The van der Waals surface area contributed by atoms with E-state index in [1.165, 1.54) is 21.0 Å². The molecule has 0 bridgehead atoms. The lowest BCUT2D eigenvalue weighted by atomic mass is 9.77. The molecule has 1 heterocycles. The number of aryl methyl sites for hydroxylation is 1. The Balaban J connectivity index is 1.21. The summed E-state index contributed by atoms with van der Waals surface area (Å²) < 4.78 is 12.3. The van der Waals surface area contributed by atoms with E-state index in [0.717, 1.165) is 54.4 Å². The van der Waals surface area contributed by atoms with Crippen LogP contribution in [-0.4, -0.2) is 106 Å². The van der Waals surface area contributed by atoms with Gasteiger partial charge >= 0.3 is 12.1 Å². The van der Waals surface area contributed by atoms with E-state index >= 15 is 9.59 Å². The van der Waals surface area contributed by atoms with Crippen LogP contribution in [0.5, 0.6) is 0 Å². The van der Waals surface area contributed by atoms with Crippen molar-refractivity contribution in [1.82, 2.24) is 46.8 Å². The van der Waals surface area contributed by atoms with E-state index in [0.29, 0.717) is 11.3 Å². The molecule has 1 fully saturated rings. The van der Waals surface area contributed by atoms with Gasteiger partial charge in [-0.3, -0.25) is 28.8 Å². The highest BCUT2D eigenvalue weighted by Gasteiger charge is 2.41. The number of carbonyl (C=O) groups excluding carboxylic acids is 8.